The molecule has 0 saturated carbocycles. The number of halogens is 2. The topological polar surface area (TPSA) is 37.8 Å². The molecule has 0 aliphatic heterocycles. The van der Waals surface area contributed by atoms with Crippen molar-refractivity contribution < 1.29 is 8.78 Å². The molecule has 3 nitrogen and oxygen atoms in total. The third kappa shape index (κ3) is 3.23. The van der Waals surface area contributed by atoms with Crippen molar-refractivity contribution in [3.05, 3.63) is 53.5 Å². The lowest BCUT2D eigenvalue weighted by Gasteiger charge is -2.06. The zero-order chi connectivity index (χ0) is 13.0. The van der Waals surface area contributed by atoms with Crippen LogP contribution in [-0.2, 0) is 6.54 Å². The van der Waals surface area contributed by atoms with Gasteiger partial charge in [-0.15, -0.1) is 0 Å². The number of nitrogens with one attached hydrogen (secondary N) is 1. The van der Waals surface area contributed by atoms with Crippen molar-refractivity contribution in [2.45, 2.75) is 19.9 Å². The van der Waals surface area contributed by atoms with Crippen molar-refractivity contribution in [1.82, 2.24) is 9.97 Å². The zero-order valence-electron chi connectivity index (χ0n) is 9.90. The van der Waals surface area contributed by atoms with Gasteiger partial charge in [0.15, 0.2) is 0 Å². The first-order valence-corrected chi connectivity index (χ1v) is 5.54. The second kappa shape index (κ2) is 5.53. The summed E-state index contributed by atoms with van der Waals surface area (Å²) in [6, 6.07) is 6.22. The summed E-state index contributed by atoms with van der Waals surface area (Å²) in [4.78, 5) is 8.25. The van der Waals surface area contributed by atoms with Gasteiger partial charge in [-0.1, -0.05) is 24.3 Å². The zero-order valence-corrected chi connectivity index (χ0v) is 9.90. The van der Waals surface area contributed by atoms with Gasteiger partial charge >= 0.3 is 0 Å². The van der Waals surface area contributed by atoms with E-state index in [1.54, 1.807) is 24.5 Å². The number of benzene rings is 1. The monoisotopic (exact) mass is 249 g/mol. The Morgan fingerprint density at radius 2 is 1.89 bits per heavy atom. The van der Waals surface area contributed by atoms with E-state index in [0.717, 1.165) is 11.3 Å². The summed E-state index contributed by atoms with van der Waals surface area (Å²) in [5.41, 5.74) is 1.78. The van der Waals surface area contributed by atoms with Gasteiger partial charge in [0.25, 0.3) is 6.43 Å². The molecule has 1 aromatic heterocycles. The highest BCUT2D eigenvalue weighted by Crippen LogP contribution is 2.18. The van der Waals surface area contributed by atoms with Crippen LogP contribution in [0.1, 0.15) is 23.2 Å². The van der Waals surface area contributed by atoms with Crippen LogP contribution in [0.2, 0.25) is 0 Å². The average molecular weight is 249 g/mol. The molecular weight excluding hydrogens is 236 g/mol. The fourth-order valence-corrected chi connectivity index (χ4v) is 1.52. The summed E-state index contributed by atoms with van der Waals surface area (Å²) in [5, 5.41) is 3.09. The van der Waals surface area contributed by atoms with Gasteiger partial charge in [0.2, 0.25) is 0 Å². The predicted octanol–water partition coefficient (Wildman–Crippen LogP) is 3.33. The third-order valence-electron chi connectivity index (χ3n) is 2.46. The van der Waals surface area contributed by atoms with Crippen LogP contribution < -0.4 is 5.32 Å². The Labute approximate surface area is 104 Å². The van der Waals surface area contributed by atoms with Gasteiger partial charge in [0, 0.05) is 18.3 Å². The van der Waals surface area contributed by atoms with Gasteiger partial charge in [-0.05, 0) is 12.5 Å². The van der Waals surface area contributed by atoms with Gasteiger partial charge in [0.05, 0.1) is 11.9 Å². The first-order chi connectivity index (χ1) is 8.65. The van der Waals surface area contributed by atoms with E-state index >= 15 is 0 Å². The Morgan fingerprint density at radius 1 is 1.17 bits per heavy atom. The Kier molecular flexibility index (Phi) is 3.82. The Balaban J connectivity index is 1.98. The molecule has 5 heteroatoms. The van der Waals surface area contributed by atoms with Gasteiger partial charge in [-0.2, -0.15) is 0 Å². The minimum absolute atomic E-state index is 0.0362. The van der Waals surface area contributed by atoms with E-state index in [0.29, 0.717) is 12.4 Å². The number of aromatic nitrogens is 2. The maximum Gasteiger partial charge on any atom is 0.263 e. The van der Waals surface area contributed by atoms with Crippen LogP contribution in [0, 0.1) is 6.92 Å². The largest absolute Gasteiger partial charge is 0.365 e. The second-order valence-corrected chi connectivity index (χ2v) is 3.94. The fourth-order valence-electron chi connectivity index (χ4n) is 1.52. The van der Waals surface area contributed by atoms with Gasteiger partial charge in [0.1, 0.15) is 5.82 Å². The van der Waals surface area contributed by atoms with E-state index in [-0.39, 0.29) is 5.56 Å². The van der Waals surface area contributed by atoms with Crippen molar-refractivity contribution in [2.75, 3.05) is 5.32 Å². The Morgan fingerprint density at radius 3 is 2.50 bits per heavy atom. The van der Waals surface area contributed by atoms with Crippen LogP contribution in [0.15, 0.2) is 36.7 Å². The highest BCUT2D eigenvalue weighted by Gasteiger charge is 2.05. The third-order valence-corrected chi connectivity index (χ3v) is 2.46. The van der Waals surface area contributed by atoms with Crippen LogP contribution in [0.25, 0.3) is 0 Å². The SMILES string of the molecule is Cc1cncc(NCc2ccc(C(F)F)cc2)n1. The van der Waals surface area contributed by atoms with E-state index in [2.05, 4.69) is 15.3 Å². The molecule has 0 spiro atoms. The maximum atomic E-state index is 12.4. The van der Waals surface area contributed by atoms with Crippen LogP contribution in [0.5, 0.6) is 0 Å². The van der Waals surface area contributed by atoms with E-state index in [1.807, 2.05) is 6.92 Å². The molecule has 1 aromatic carbocycles. The summed E-state index contributed by atoms with van der Waals surface area (Å²) in [6.07, 6.45) is 0.873. The molecule has 0 aliphatic rings. The molecule has 0 fully saturated rings. The minimum Gasteiger partial charge on any atom is -0.365 e. The maximum absolute atomic E-state index is 12.4. The van der Waals surface area contributed by atoms with E-state index in [9.17, 15) is 8.78 Å². The smallest absolute Gasteiger partial charge is 0.263 e. The number of hydrogen-bond acceptors (Lipinski definition) is 3. The van der Waals surface area contributed by atoms with Crippen LogP contribution in [0.3, 0.4) is 0 Å². The van der Waals surface area contributed by atoms with E-state index < -0.39 is 6.43 Å². The average Bonchev–Trinajstić information content (AvgIpc) is 2.37. The molecule has 94 valence electrons. The minimum atomic E-state index is -2.42. The summed E-state index contributed by atoms with van der Waals surface area (Å²) in [6.45, 7) is 2.39. The Hall–Kier alpha value is -2.04. The van der Waals surface area contributed by atoms with Crippen molar-refractivity contribution in [2.24, 2.45) is 0 Å². The molecule has 0 aliphatic carbocycles. The molecule has 0 radical (unpaired) electrons. The number of alkyl halides is 2. The van der Waals surface area contributed by atoms with E-state index in [1.165, 1.54) is 12.1 Å². The quantitative estimate of drug-likeness (QED) is 0.903. The fraction of sp³-hybridized carbons (Fsp3) is 0.231. The number of rotatable bonds is 4. The van der Waals surface area contributed by atoms with Crippen LogP contribution in [0.4, 0.5) is 14.6 Å². The lowest BCUT2D eigenvalue weighted by atomic mass is 10.1. The van der Waals surface area contributed by atoms with Crippen molar-refractivity contribution in [3.8, 4) is 0 Å². The second-order valence-electron chi connectivity index (χ2n) is 3.94. The molecule has 1 N–H and O–H groups in total. The molecule has 2 aromatic rings. The van der Waals surface area contributed by atoms with Gasteiger partial charge in [-0.25, -0.2) is 13.8 Å². The lowest BCUT2D eigenvalue weighted by Crippen LogP contribution is -2.02. The van der Waals surface area contributed by atoms with Crippen LogP contribution in [-0.4, -0.2) is 9.97 Å². The molecule has 2 rings (SSSR count). The van der Waals surface area contributed by atoms with Gasteiger partial charge in [-0.3, -0.25) is 4.98 Å². The normalized spacial score (nSPS) is 10.7. The Bertz CT molecular complexity index is 512. The summed E-state index contributed by atoms with van der Waals surface area (Å²) < 4.78 is 24.7. The molecule has 0 bridgehead atoms. The number of anilines is 1. The first kappa shape index (κ1) is 12.4. The molecule has 0 saturated heterocycles. The number of nitrogens with zero attached hydrogens (tertiary/aromatic N) is 2. The lowest BCUT2D eigenvalue weighted by molar-refractivity contribution is 0.151. The summed E-state index contributed by atoms with van der Waals surface area (Å²) in [5.74, 6) is 0.674. The molecule has 0 atom stereocenters. The highest BCUT2D eigenvalue weighted by atomic mass is 19.3. The van der Waals surface area contributed by atoms with E-state index in [4.69, 9.17) is 0 Å². The molecule has 0 amide bonds. The molecular formula is C13H13F2N3. The van der Waals surface area contributed by atoms with Crippen molar-refractivity contribution in [3.63, 3.8) is 0 Å². The highest BCUT2D eigenvalue weighted by molar-refractivity contribution is 5.34. The standard InChI is InChI=1S/C13H13F2N3/c1-9-6-16-8-12(18-9)17-7-10-2-4-11(5-3-10)13(14)15/h2-6,8,13H,7H2,1H3,(H,17,18). The number of hydrogen-bond donors (Lipinski definition) is 1. The van der Waals surface area contributed by atoms with Crippen molar-refractivity contribution >= 4 is 5.82 Å². The molecule has 1 heterocycles. The molecule has 0 unspecified atom stereocenters. The molecule has 18 heavy (non-hydrogen) atoms. The van der Waals surface area contributed by atoms with Gasteiger partial charge < -0.3 is 5.32 Å². The summed E-state index contributed by atoms with van der Waals surface area (Å²) >= 11 is 0. The van der Waals surface area contributed by atoms with Crippen molar-refractivity contribution in [1.29, 1.82) is 0 Å². The number of aryl methyl sites for hydroxylation is 1. The first-order valence-electron chi connectivity index (χ1n) is 5.54. The van der Waals surface area contributed by atoms with Crippen LogP contribution >= 0.6 is 0 Å². The predicted molar refractivity (Wildman–Crippen MR) is 65.5 cm³/mol. The summed E-state index contributed by atoms with van der Waals surface area (Å²) in [7, 11) is 0.